The molecule has 8 aromatic carbocycles. The molecule has 9 aromatic heterocycles. The number of benzene rings is 8. The quantitative estimate of drug-likeness (QED) is 0.0283. The lowest BCUT2D eigenvalue weighted by atomic mass is 10.1. The third-order valence-electron chi connectivity index (χ3n) is 25.6. The molecule has 17 aromatic rings. The Morgan fingerprint density at radius 2 is 0.743 bits per heavy atom. The average Bonchev–Trinajstić information content (AvgIpc) is 1.31. The molecule has 2 atom stereocenters. The Labute approximate surface area is 835 Å². The molecule has 0 saturated carbocycles. The van der Waals surface area contributed by atoms with Crippen molar-refractivity contribution in [3.8, 4) is 91.0 Å². The lowest BCUT2D eigenvalue weighted by Gasteiger charge is -2.28. The fourth-order valence-corrected chi connectivity index (χ4v) is 17.9. The second kappa shape index (κ2) is 47.0. The van der Waals surface area contributed by atoms with Crippen LogP contribution in [0.1, 0.15) is 37.9 Å². The van der Waals surface area contributed by atoms with Crippen LogP contribution in [0.25, 0.3) is 89.2 Å². The minimum atomic E-state index is -0.0683. The molecule has 3 fully saturated rings. The van der Waals surface area contributed by atoms with Crippen molar-refractivity contribution in [2.45, 2.75) is 50.6 Å². The van der Waals surface area contributed by atoms with E-state index in [9.17, 15) is 4.79 Å². The van der Waals surface area contributed by atoms with Crippen molar-refractivity contribution in [2.75, 3.05) is 175 Å². The van der Waals surface area contributed by atoms with Gasteiger partial charge in [-0.15, -0.1) is 10.2 Å². The highest BCUT2D eigenvalue weighted by Crippen LogP contribution is 2.41. The molecule has 3 aliphatic rings. The fourth-order valence-electron chi connectivity index (χ4n) is 17.9. The molecule has 39 nitrogen and oxygen atoms in total. The molecule has 0 aliphatic carbocycles. The van der Waals surface area contributed by atoms with Gasteiger partial charge in [-0.2, -0.15) is 25.6 Å². The normalized spacial score (nSPS) is 14.2. The maximum absolute atomic E-state index is 13.1. The summed E-state index contributed by atoms with van der Waals surface area (Å²) in [5.41, 5.74) is 26.8. The summed E-state index contributed by atoms with van der Waals surface area (Å²) < 4.78 is 51.3. The van der Waals surface area contributed by atoms with E-state index in [4.69, 9.17) is 63.6 Å². The highest BCUT2D eigenvalue weighted by molar-refractivity contribution is 5.90. The summed E-state index contributed by atoms with van der Waals surface area (Å²) >= 11 is 0. The number of anilines is 8. The highest BCUT2D eigenvalue weighted by Gasteiger charge is 2.27. The molecular formula is C105H122N30O9. The number of likely N-dealkylation sites (N-methyl/N-ethyl adjacent to an activating group) is 1. The Hall–Kier alpha value is -16.1. The van der Waals surface area contributed by atoms with Crippen LogP contribution in [-0.4, -0.2) is 288 Å². The SMILES string of the molecule is CNC1CCN(CCCN(c2cc(OC)cc(OC)c2)c2ccc3ncc(-c4cnn(C)c4)nc3c2)C1.COc1cc(OC)cc(N(CC(=O)NCCN2CCCC2)c2ccc3ncc(-c4cnn(C)c4)nc3c2)c1.COc1cc(OC)cc(N(CCN2CCC(N)C2)c2ccc3ncc(-c4cnn(C)c4)nc3c2)c1.COc1cc(OC)cc(N(CCc2nn[nH]n2)c2ccc3ncc(-c4cnn(C)c4)nc3c2)c1. The van der Waals surface area contributed by atoms with Gasteiger partial charge in [0, 0.05) is 264 Å². The van der Waals surface area contributed by atoms with E-state index >= 15 is 0 Å². The first kappa shape index (κ1) is 99.5. The van der Waals surface area contributed by atoms with Crippen molar-refractivity contribution < 1.29 is 42.7 Å². The number of aromatic nitrogens is 20. The first-order chi connectivity index (χ1) is 70.2. The second-order valence-corrected chi connectivity index (χ2v) is 35.4. The summed E-state index contributed by atoms with van der Waals surface area (Å²) in [6.07, 6.45) is 28.3. The molecule has 5 N–H and O–H groups in total. The van der Waals surface area contributed by atoms with E-state index in [0.717, 1.165) is 242 Å². The molecule has 1 amide bonds. The molecule has 0 bridgehead atoms. The topological polar surface area (TPSA) is 393 Å². The van der Waals surface area contributed by atoms with Crippen molar-refractivity contribution in [1.82, 2.24) is 125 Å². The van der Waals surface area contributed by atoms with Crippen LogP contribution in [-0.2, 0) is 39.4 Å². The van der Waals surface area contributed by atoms with Crippen LogP contribution in [0.4, 0.5) is 45.5 Å². The predicted octanol–water partition coefficient (Wildman–Crippen LogP) is 13.4. The van der Waals surface area contributed by atoms with E-state index in [2.05, 4.69) is 144 Å². The molecule has 144 heavy (non-hydrogen) atoms. The van der Waals surface area contributed by atoms with Crippen LogP contribution in [0.15, 0.2) is 220 Å². The molecule has 0 radical (unpaired) electrons. The van der Waals surface area contributed by atoms with Crippen LogP contribution in [0, 0.1) is 0 Å². The minimum Gasteiger partial charge on any atom is -0.497 e. The van der Waals surface area contributed by atoms with Crippen molar-refractivity contribution in [2.24, 2.45) is 33.9 Å². The zero-order chi connectivity index (χ0) is 100. The number of nitrogens with two attached hydrogens (primary N) is 1. The Balaban J connectivity index is 0.000000132. The van der Waals surface area contributed by atoms with Gasteiger partial charge in [0.2, 0.25) is 5.91 Å². The average molecular weight is 1950 g/mol. The largest absolute Gasteiger partial charge is 0.497 e. The monoisotopic (exact) mass is 1950 g/mol. The summed E-state index contributed by atoms with van der Waals surface area (Å²) in [7, 11) is 22.8. The molecule has 39 heteroatoms. The van der Waals surface area contributed by atoms with Gasteiger partial charge in [-0.05, 0) is 145 Å². The number of carbonyl (C=O) groups excluding carboxylic acids is 1. The van der Waals surface area contributed by atoms with Gasteiger partial charge in [-0.1, -0.05) is 5.21 Å². The molecule has 0 spiro atoms. The Morgan fingerprint density at radius 1 is 0.389 bits per heavy atom. The molecule has 12 heterocycles. The lowest BCUT2D eigenvalue weighted by molar-refractivity contribution is -0.119. The number of ether oxygens (including phenoxy) is 8. The van der Waals surface area contributed by atoms with Gasteiger partial charge in [-0.3, -0.25) is 48.4 Å². The van der Waals surface area contributed by atoms with E-state index in [0.29, 0.717) is 54.4 Å². The van der Waals surface area contributed by atoms with Gasteiger partial charge in [0.15, 0.2) is 5.82 Å². The molecule has 746 valence electrons. The van der Waals surface area contributed by atoms with Gasteiger partial charge >= 0.3 is 0 Å². The second-order valence-electron chi connectivity index (χ2n) is 35.4. The van der Waals surface area contributed by atoms with Crippen molar-refractivity contribution in [3.05, 3.63) is 226 Å². The summed E-state index contributed by atoms with van der Waals surface area (Å²) in [4.78, 5) is 67.1. The number of tetrazole rings is 1. The third kappa shape index (κ3) is 25.1. The van der Waals surface area contributed by atoms with Gasteiger partial charge in [0.05, 0.1) is 173 Å². The van der Waals surface area contributed by atoms with E-state index in [1.807, 2.05) is 173 Å². The first-order valence-electron chi connectivity index (χ1n) is 47.9. The Morgan fingerprint density at radius 3 is 1.08 bits per heavy atom. The van der Waals surface area contributed by atoms with Crippen molar-refractivity contribution in [3.63, 3.8) is 0 Å². The lowest BCUT2D eigenvalue weighted by Crippen LogP contribution is -2.39. The number of aryl methyl sites for hydroxylation is 4. The molecule has 3 aliphatic heterocycles. The smallest absolute Gasteiger partial charge is 0.240 e. The Bertz CT molecular complexity index is 7100. The zero-order valence-corrected chi connectivity index (χ0v) is 83.5. The van der Waals surface area contributed by atoms with Crippen LogP contribution >= 0.6 is 0 Å². The number of aromatic amines is 1. The number of nitrogens with one attached hydrogen (secondary N) is 3. The van der Waals surface area contributed by atoms with Crippen LogP contribution in [0.2, 0.25) is 0 Å². The van der Waals surface area contributed by atoms with E-state index in [1.54, 1.807) is 119 Å². The summed E-state index contributed by atoms with van der Waals surface area (Å²) in [6, 6.07) is 48.4. The van der Waals surface area contributed by atoms with Crippen molar-refractivity contribution >= 4 is 95.5 Å². The van der Waals surface area contributed by atoms with Gasteiger partial charge in [0.25, 0.3) is 0 Å². The van der Waals surface area contributed by atoms with E-state index in [-0.39, 0.29) is 18.5 Å². The van der Waals surface area contributed by atoms with Gasteiger partial charge in [0.1, 0.15) is 52.5 Å². The minimum absolute atomic E-state index is 0.0683. The van der Waals surface area contributed by atoms with Gasteiger partial charge < -0.3 is 83.7 Å². The highest BCUT2D eigenvalue weighted by atomic mass is 16.5. The number of carbonyl (C=O) groups is 1. The van der Waals surface area contributed by atoms with E-state index in [1.165, 1.54) is 19.3 Å². The predicted molar refractivity (Wildman–Crippen MR) is 557 cm³/mol. The summed E-state index contributed by atoms with van der Waals surface area (Å²) in [5.74, 6) is 6.22. The summed E-state index contributed by atoms with van der Waals surface area (Å²) in [6.45, 7) is 12.2. The zero-order valence-electron chi connectivity index (χ0n) is 83.5. The molecular weight excluding hydrogens is 1830 g/mol. The van der Waals surface area contributed by atoms with Crippen LogP contribution < -0.4 is 73.9 Å². The number of methoxy groups -OCH3 is 8. The fraction of sp³-hybridized carbons (Fsp3) is 0.333. The third-order valence-corrected chi connectivity index (χ3v) is 25.6. The maximum atomic E-state index is 13.1. The number of amides is 1. The Kier molecular flexibility index (Phi) is 32.5. The van der Waals surface area contributed by atoms with Gasteiger partial charge in [-0.25, -0.2) is 19.9 Å². The number of H-pyrrole nitrogens is 1. The molecule has 3 saturated heterocycles. The number of hydrogen-bond donors (Lipinski definition) is 4. The number of likely N-dealkylation sites (tertiary alicyclic amines) is 3. The first-order valence-corrected chi connectivity index (χ1v) is 47.9. The number of hydrogen-bond acceptors (Lipinski definition) is 33. The van der Waals surface area contributed by atoms with Crippen LogP contribution in [0.3, 0.4) is 0 Å². The number of rotatable bonds is 36. The van der Waals surface area contributed by atoms with E-state index < -0.39 is 0 Å². The molecule has 2 unspecified atom stereocenters. The standard InChI is InChI=1S/C28H33N7O3.C28H35N7O2.C26H31N7O2.C23H23N9O2/c1-33-18-20(16-31-33)27-17-30-25-7-6-21(14-26(25)32-27)35(22-12-23(37-2)15-24(13-22)38-3)19-28(36)29-8-11-34-9-4-5-10-34;1-29-21-8-11-34(19-21)9-5-10-35(23-12-24(36-3)15-25(13-23)37-4)22-6-7-26-27(14-22)32-28(17-30-26)20-16-31-33(2)18-20;1-31-16-18(14-29-31)26-15-28-24-5-4-20(12-25(24)30-26)33(9-8-32-7-6-19(27)17-32)21-10-22(34-2)13-23(11-21)35-3;1-31-14-15(12-25-31)22-13-24-20-5-4-16(10-21(20)26-22)32(7-6-23-27-29-30-28-23)17-8-18(33-2)11-19(9-17)34-3/h6-7,12-18H,4-5,8-11,19H2,1-3H3,(H,29,36);6-7,12-18,21,29H,5,8-11,19H2,1-4H3;4-5,10-16,19H,6-9,17,27H2,1-3H3;4-5,8-14H,6-7H2,1-3H3,(H,27,28,29,30). The van der Waals surface area contributed by atoms with Crippen molar-refractivity contribution in [1.29, 1.82) is 0 Å². The maximum Gasteiger partial charge on any atom is 0.240 e. The molecule has 20 rings (SSSR count). The van der Waals surface area contributed by atoms with Crippen LogP contribution in [0.5, 0.6) is 46.0 Å². The number of fused-ring (bicyclic) bond motifs is 4. The number of nitrogens with zero attached hydrogens (tertiary/aromatic N) is 26. The summed E-state index contributed by atoms with van der Waals surface area (Å²) in [5, 5.41) is 37.8.